The van der Waals surface area contributed by atoms with Gasteiger partial charge in [-0.15, -0.1) is 0 Å². The molecular weight excluding hydrogens is 258 g/mol. The molecule has 0 atom stereocenters. The van der Waals surface area contributed by atoms with E-state index >= 15 is 0 Å². The molecule has 0 aliphatic carbocycles. The van der Waals surface area contributed by atoms with E-state index in [1.165, 1.54) is 6.07 Å². The predicted octanol–water partition coefficient (Wildman–Crippen LogP) is 3.29. The van der Waals surface area contributed by atoms with Gasteiger partial charge >= 0.3 is 7.75 Å². The number of halogens is 1. The number of hydrogen-bond acceptors (Lipinski definition) is 4. The molecular formula is C11H14FN2O3P. The van der Waals surface area contributed by atoms with Crippen LogP contribution in [0, 0.1) is 17.1 Å². The number of nitrogens with zero attached hydrogens (tertiary/aromatic N) is 1. The van der Waals surface area contributed by atoms with Crippen LogP contribution in [0.2, 0.25) is 0 Å². The molecule has 1 N–H and O–H groups in total. The quantitative estimate of drug-likeness (QED) is 0.804. The van der Waals surface area contributed by atoms with E-state index in [0.717, 1.165) is 12.1 Å². The summed E-state index contributed by atoms with van der Waals surface area (Å²) in [4.78, 5) is 0. The molecule has 18 heavy (non-hydrogen) atoms. The lowest BCUT2D eigenvalue weighted by Crippen LogP contribution is -2.06. The molecule has 98 valence electrons. The molecule has 0 fully saturated rings. The highest BCUT2D eigenvalue weighted by atomic mass is 31.2. The Morgan fingerprint density at radius 1 is 1.39 bits per heavy atom. The first-order chi connectivity index (χ1) is 8.54. The average molecular weight is 272 g/mol. The first-order valence-corrected chi connectivity index (χ1v) is 6.96. The lowest BCUT2D eigenvalue weighted by atomic mass is 10.2. The molecule has 0 aliphatic heterocycles. The molecule has 5 nitrogen and oxygen atoms in total. The minimum Gasteiger partial charge on any atom is -0.293 e. The third-order valence-corrected chi connectivity index (χ3v) is 3.67. The van der Waals surface area contributed by atoms with Gasteiger partial charge in [0.2, 0.25) is 0 Å². The molecule has 0 amide bonds. The lowest BCUT2D eigenvalue weighted by Gasteiger charge is -2.19. The molecule has 0 aromatic heterocycles. The first kappa shape index (κ1) is 14.7. The van der Waals surface area contributed by atoms with Crippen LogP contribution in [0.25, 0.3) is 0 Å². The second-order valence-corrected chi connectivity index (χ2v) is 4.98. The lowest BCUT2D eigenvalue weighted by molar-refractivity contribution is 0.225. The summed E-state index contributed by atoms with van der Waals surface area (Å²) in [6, 6.07) is 5.33. The fourth-order valence-electron chi connectivity index (χ4n) is 1.30. The summed E-state index contributed by atoms with van der Waals surface area (Å²) < 4.78 is 35.2. The summed E-state index contributed by atoms with van der Waals surface area (Å²) in [5.41, 5.74) is 0.249. The number of rotatable bonds is 6. The van der Waals surface area contributed by atoms with Crippen molar-refractivity contribution in [1.29, 1.82) is 5.26 Å². The van der Waals surface area contributed by atoms with E-state index in [0.29, 0.717) is 0 Å². The standard InChI is InChI=1S/C11H14FN2O3P/c1-3-16-18(15,17-4-2)14-11-6-5-10(12)7-9(11)8-13/h5-7H,3-4H2,1-2H3,(H,14,15). The Morgan fingerprint density at radius 3 is 2.50 bits per heavy atom. The van der Waals surface area contributed by atoms with Gasteiger partial charge in [0, 0.05) is 0 Å². The average Bonchev–Trinajstić information content (AvgIpc) is 2.32. The monoisotopic (exact) mass is 272 g/mol. The maximum Gasteiger partial charge on any atom is 0.432 e. The fraction of sp³-hybridized carbons (Fsp3) is 0.364. The number of nitriles is 1. The number of anilines is 1. The van der Waals surface area contributed by atoms with Crippen molar-refractivity contribution in [3.8, 4) is 6.07 Å². The SMILES string of the molecule is CCOP(=O)(Nc1ccc(F)cc1C#N)OCC. The van der Waals surface area contributed by atoms with Crippen molar-refractivity contribution in [2.24, 2.45) is 0 Å². The molecule has 1 rings (SSSR count). The highest BCUT2D eigenvalue weighted by Gasteiger charge is 2.24. The zero-order valence-electron chi connectivity index (χ0n) is 10.1. The van der Waals surface area contributed by atoms with Crippen molar-refractivity contribution >= 4 is 13.4 Å². The van der Waals surface area contributed by atoms with Gasteiger partial charge < -0.3 is 0 Å². The van der Waals surface area contributed by atoms with Gasteiger partial charge in [-0.1, -0.05) is 0 Å². The van der Waals surface area contributed by atoms with Crippen LogP contribution in [-0.4, -0.2) is 13.2 Å². The third kappa shape index (κ3) is 3.81. The van der Waals surface area contributed by atoms with Gasteiger partial charge in [-0.2, -0.15) is 5.26 Å². The van der Waals surface area contributed by atoms with E-state index < -0.39 is 13.6 Å². The van der Waals surface area contributed by atoms with Crippen LogP contribution in [0.4, 0.5) is 10.1 Å². The highest BCUT2D eigenvalue weighted by Crippen LogP contribution is 2.48. The molecule has 0 saturated carbocycles. The zero-order chi connectivity index (χ0) is 13.6. The summed E-state index contributed by atoms with van der Waals surface area (Å²) in [7, 11) is -3.52. The minimum atomic E-state index is -3.52. The van der Waals surface area contributed by atoms with Crippen molar-refractivity contribution < 1.29 is 18.0 Å². The van der Waals surface area contributed by atoms with Crippen molar-refractivity contribution in [3.05, 3.63) is 29.6 Å². The second kappa shape index (κ2) is 6.50. The molecule has 7 heteroatoms. The normalized spacial score (nSPS) is 11.0. The van der Waals surface area contributed by atoms with Crippen LogP contribution in [-0.2, 0) is 13.6 Å². The van der Waals surface area contributed by atoms with Crippen molar-refractivity contribution in [3.63, 3.8) is 0 Å². The Hall–Kier alpha value is -1.41. The van der Waals surface area contributed by atoms with Crippen molar-refractivity contribution in [2.45, 2.75) is 13.8 Å². The molecule has 0 spiro atoms. The van der Waals surface area contributed by atoms with Gasteiger partial charge in [0.1, 0.15) is 11.9 Å². The molecule has 0 heterocycles. The van der Waals surface area contributed by atoms with Crippen LogP contribution in [0.3, 0.4) is 0 Å². The first-order valence-electron chi connectivity index (χ1n) is 5.41. The maximum absolute atomic E-state index is 13.0. The molecule has 0 saturated heterocycles. The van der Waals surface area contributed by atoms with Crippen molar-refractivity contribution in [2.75, 3.05) is 18.3 Å². The van der Waals surface area contributed by atoms with E-state index in [4.69, 9.17) is 14.3 Å². The van der Waals surface area contributed by atoms with E-state index in [1.54, 1.807) is 13.8 Å². The van der Waals surface area contributed by atoms with Gasteiger partial charge in [-0.05, 0) is 32.0 Å². The molecule has 0 bridgehead atoms. The Kier molecular flexibility index (Phi) is 5.29. The second-order valence-electron chi connectivity index (χ2n) is 3.25. The van der Waals surface area contributed by atoms with Gasteiger partial charge in [0.15, 0.2) is 0 Å². The molecule has 0 aliphatic rings. The van der Waals surface area contributed by atoms with Gasteiger partial charge in [-0.25, -0.2) is 8.96 Å². The van der Waals surface area contributed by atoms with Crippen LogP contribution >= 0.6 is 7.75 Å². The molecule has 1 aromatic rings. The summed E-state index contributed by atoms with van der Waals surface area (Å²) in [6.07, 6.45) is 0. The van der Waals surface area contributed by atoms with Gasteiger partial charge in [0.25, 0.3) is 0 Å². The van der Waals surface area contributed by atoms with Gasteiger partial charge in [-0.3, -0.25) is 14.1 Å². The summed E-state index contributed by atoms with van der Waals surface area (Å²) in [6.45, 7) is 3.72. The van der Waals surface area contributed by atoms with E-state index in [-0.39, 0.29) is 24.5 Å². The Morgan fingerprint density at radius 2 is 2.00 bits per heavy atom. The molecule has 0 unspecified atom stereocenters. The predicted molar refractivity (Wildman–Crippen MR) is 65.6 cm³/mol. The Bertz CT molecular complexity index is 492. The van der Waals surface area contributed by atoms with Crippen LogP contribution in [0.15, 0.2) is 18.2 Å². The third-order valence-electron chi connectivity index (χ3n) is 1.96. The smallest absolute Gasteiger partial charge is 0.293 e. The van der Waals surface area contributed by atoms with Crippen molar-refractivity contribution in [1.82, 2.24) is 0 Å². The van der Waals surface area contributed by atoms with Gasteiger partial charge in [0.05, 0.1) is 24.5 Å². The topological polar surface area (TPSA) is 71.3 Å². The Labute approximate surface area is 105 Å². The number of hydrogen-bond donors (Lipinski definition) is 1. The van der Waals surface area contributed by atoms with Crippen LogP contribution in [0.1, 0.15) is 19.4 Å². The van der Waals surface area contributed by atoms with E-state index in [1.807, 2.05) is 6.07 Å². The van der Waals surface area contributed by atoms with E-state index in [2.05, 4.69) is 5.09 Å². The summed E-state index contributed by atoms with van der Waals surface area (Å²) in [5, 5.41) is 11.4. The minimum absolute atomic E-state index is 0.0367. The molecule has 1 aromatic carbocycles. The largest absolute Gasteiger partial charge is 0.432 e. The number of nitrogens with one attached hydrogen (secondary N) is 1. The van der Waals surface area contributed by atoms with E-state index in [9.17, 15) is 8.96 Å². The van der Waals surface area contributed by atoms with Crippen LogP contribution < -0.4 is 5.09 Å². The summed E-state index contributed by atoms with van der Waals surface area (Å²) in [5.74, 6) is -0.542. The maximum atomic E-state index is 13.0. The van der Waals surface area contributed by atoms with Crippen LogP contribution in [0.5, 0.6) is 0 Å². The molecule has 0 radical (unpaired) electrons. The highest BCUT2D eigenvalue weighted by molar-refractivity contribution is 7.55. The zero-order valence-corrected chi connectivity index (χ0v) is 11.0. The summed E-state index contributed by atoms with van der Waals surface area (Å²) >= 11 is 0. The fourth-order valence-corrected chi connectivity index (χ4v) is 2.67. The Balaban J connectivity index is 3.01. The number of benzene rings is 1.